The van der Waals surface area contributed by atoms with Crippen molar-refractivity contribution in [3.8, 4) is 11.1 Å². The van der Waals surface area contributed by atoms with Crippen LogP contribution in [0.25, 0.3) is 11.1 Å². The van der Waals surface area contributed by atoms with E-state index in [0.717, 1.165) is 22.3 Å². The van der Waals surface area contributed by atoms with Gasteiger partial charge in [0.15, 0.2) is 0 Å². The van der Waals surface area contributed by atoms with E-state index in [1.165, 1.54) is 4.90 Å². The average Bonchev–Trinajstić information content (AvgIpc) is 3.09. The number of piperazine rings is 1. The van der Waals surface area contributed by atoms with Crippen molar-refractivity contribution in [2.75, 3.05) is 19.7 Å². The second kappa shape index (κ2) is 9.32. The first-order valence-corrected chi connectivity index (χ1v) is 10.7. The van der Waals surface area contributed by atoms with Gasteiger partial charge in [0.2, 0.25) is 11.8 Å². The number of carboxylic acid groups (broad SMARTS) is 1. The number of carboxylic acids is 1. The number of alkyl carbamates (subject to hydrolysis) is 1. The number of ether oxygens (including phenoxy) is 1. The molecular weight excluding hydrogens is 426 g/mol. The highest BCUT2D eigenvalue weighted by Gasteiger charge is 2.34. The minimum atomic E-state index is -1.34. The monoisotopic (exact) mass is 451 g/mol. The third kappa shape index (κ3) is 4.82. The van der Waals surface area contributed by atoms with Crippen LogP contribution in [0, 0.1) is 0 Å². The van der Waals surface area contributed by atoms with Crippen LogP contribution in [0.1, 0.15) is 30.4 Å². The third-order valence-corrected chi connectivity index (χ3v) is 5.86. The van der Waals surface area contributed by atoms with E-state index in [0.29, 0.717) is 0 Å². The molecule has 0 saturated carbocycles. The maximum Gasteiger partial charge on any atom is 0.407 e. The molecule has 0 spiro atoms. The number of nitrogens with zero attached hydrogens (tertiary/aromatic N) is 1. The van der Waals surface area contributed by atoms with E-state index in [4.69, 9.17) is 4.74 Å². The van der Waals surface area contributed by atoms with Crippen molar-refractivity contribution in [3.05, 3.63) is 59.7 Å². The first-order valence-electron chi connectivity index (χ1n) is 10.7. The van der Waals surface area contributed by atoms with E-state index in [2.05, 4.69) is 10.6 Å². The highest BCUT2D eigenvalue weighted by Crippen LogP contribution is 2.44. The standard InChI is InChI=1S/C24H25N3O6/c1-14-11-27(12-21(28)25-14)23(31)20(10-22(29)30)26-24(32)33-13-19-17-8-4-2-6-15(17)16-7-3-5-9-18(16)19/h2-9,14,19-20H,10-13H2,1H3,(H,25,28)(H,26,32)(H,29,30). The van der Waals surface area contributed by atoms with Gasteiger partial charge in [0.1, 0.15) is 12.6 Å². The number of carbonyl (C=O) groups is 4. The first-order chi connectivity index (χ1) is 15.8. The summed E-state index contributed by atoms with van der Waals surface area (Å²) in [5.74, 6) is -2.38. The molecule has 2 aromatic carbocycles. The Morgan fingerprint density at radius 2 is 1.73 bits per heavy atom. The lowest BCUT2D eigenvalue weighted by atomic mass is 9.98. The first kappa shape index (κ1) is 22.3. The molecule has 0 aromatic heterocycles. The normalized spacial score (nSPS) is 18.0. The van der Waals surface area contributed by atoms with Gasteiger partial charge in [-0.2, -0.15) is 0 Å². The molecule has 3 N–H and O–H groups in total. The summed E-state index contributed by atoms with van der Waals surface area (Å²) in [5.41, 5.74) is 4.24. The van der Waals surface area contributed by atoms with Crippen LogP contribution in [-0.2, 0) is 19.1 Å². The van der Waals surface area contributed by atoms with Gasteiger partial charge in [0, 0.05) is 18.5 Å². The minimum absolute atomic E-state index is 0.0387. The van der Waals surface area contributed by atoms with Crippen LogP contribution >= 0.6 is 0 Å². The van der Waals surface area contributed by atoms with Gasteiger partial charge in [-0.1, -0.05) is 48.5 Å². The maximum absolute atomic E-state index is 12.9. The summed E-state index contributed by atoms with van der Waals surface area (Å²) in [6, 6.07) is 14.2. The predicted molar refractivity (Wildman–Crippen MR) is 118 cm³/mol. The lowest BCUT2D eigenvalue weighted by Crippen LogP contribution is -2.59. The second-order valence-electron chi connectivity index (χ2n) is 8.31. The molecule has 33 heavy (non-hydrogen) atoms. The molecule has 0 bridgehead atoms. The number of benzene rings is 2. The molecule has 1 heterocycles. The number of fused-ring (bicyclic) bond motifs is 3. The van der Waals surface area contributed by atoms with Crippen molar-refractivity contribution in [2.24, 2.45) is 0 Å². The number of hydrogen-bond donors (Lipinski definition) is 3. The molecule has 2 aromatic rings. The minimum Gasteiger partial charge on any atom is -0.481 e. The van der Waals surface area contributed by atoms with E-state index in [1.807, 2.05) is 48.5 Å². The van der Waals surface area contributed by atoms with E-state index in [9.17, 15) is 24.3 Å². The van der Waals surface area contributed by atoms with Crippen molar-refractivity contribution in [1.29, 1.82) is 0 Å². The van der Waals surface area contributed by atoms with Crippen LogP contribution in [-0.4, -0.2) is 65.7 Å². The molecule has 2 atom stereocenters. The largest absolute Gasteiger partial charge is 0.481 e. The van der Waals surface area contributed by atoms with Gasteiger partial charge in [-0.25, -0.2) is 4.79 Å². The molecule has 172 valence electrons. The Morgan fingerprint density at radius 1 is 1.12 bits per heavy atom. The number of carbonyl (C=O) groups excluding carboxylic acids is 3. The molecule has 1 saturated heterocycles. The summed E-state index contributed by atoms with van der Waals surface area (Å²) in [5, 5.41) is 14.3. The average molecular weight is 451 g/mol. The number of hydrogen-bond acceptors (Lipinski definition) is 5. The Balaban J connectivity index is 1.44. The zero-order valence-electron chi connectivity index (χ0n) is 18.1. The van der Waals surface area contributed by atoms with Crippen LogP contribution in [0.2, 0.25) is 0 Å². The summed E-state index contributed by atoms with van der Waals surface area (Å²) in [4.78, 5) is 49.7. The number of nitrogens with one attached hydrogen (secondary N) is 2. The van der Waals surface area contributed by atoms with Gasteiger partial charge in [-0.15, -0.1) is 0 Å². The summed E-state index contributed by atoms with van der Waals surface area (Å²) >= 11 is 0. The summed E-state index contributed by atoms with van der Waals surface area (Å²) in [7, 11) is 0. The molecule has 1 aliphatic carbocycles. The summed E-state index contributed by atoms with van der Waals surface area (Å²) in [6.07, 6.45) is -1.50. The highest BCUT2D eigenvalue weighted by atomic mass is 16.5. The van der Waals surface area contributed by atoms with Crippen molar-refractivity contribution in [2.45, 2.75) is 31.3 Å². The third-order valence-electron chi connectivity index (χ3n) is 5.86. The van der Waals surface area contributed by atoms with Gasteiger partial charge in [-0.3, -0.25) is 14.4 Å². The number of aliphatic carboxylic acids is 1. The van der Waals surface area contributed by atoms with Crippen molar-refractivity contribution in [3.63, 3.8) is 0 Å². The van der Waals surface area contributed by atoms with Gasteiger partial charge < -0.3 is 25.4 Å². The Labute approximate surface area is 190 Å². The van der Waals surface area contributed by atoms with Crippen LogP contribution in [0.15, 0.2) is 48.5 Å². The van der Waals surface area contributed by atoms with E-state index in [-0.39, 0.29) is 37.6 Å². The van der Waals surface area contributed by atoms with Crippen LogP contribution in [0.4, 0.5) is 4.79 Å². The molecule has 0 radical (unpaired) electrons. The zero-order chi connectivity index (χ0) is 23.5. The van der Waals surface area contributed by atoms with Gasteiger partial charge in [0.05, 0.1) is 13.0 Å². The van der Waals surface area contributed by atoms with Gasteiger partial charge in [0.25, 0.3) is 0 Å². The smallest absolute Gasteiger partial charge is 0.407 e. The molecule has 4 rings (SSSR count). The van der Waals surface area contributed by atoms with Gasteiger partial charge >= 0.3 is 12.1 Å². The SMILES string of the molecule is CC1CN(C(=O)C(CC(=O)O)NC(=O)OCC2c3ccccc3-c3ccccc32)CC(=O)N1. The van der Waals surface area contributed by atoms with Crippen molar-refractivity contribution < 1.29 is 29.0 Å². The van der Waals surface area contributed by atoms with Crippen molar-refractivity contribution in [1.82, 2.24) is 15.5 Å². The lowest BCUT2D eigenvalue weighted by molar-refractivity contribution is -0.145. The molecule has 9 heteroatoms. The zero-order valence-corrected chi connectivity index (χ0v) is 18.1. The fraction of sp³-hybridized carbons (Fsp3) is 0.333. The maximum atomic E-state index is 12.9. The quantitative estimate of drug-likeness (QED) is 0.614. The van der Waals surface area contributed by atoms with E-state index in [1.54, 1.807) is 6.92 Å². The van der Waals surface area contributed by atoms with Gasteiger partial charge in [-0.05, 0) is 29.2 Å². The molecular formula is C24H25N3O6. The number of amides is 3. The molecule has 2 aliphatic rings. The van der Waals surface area contributed by atoms with Crippen LogP contribution < -0.4 is 10.6 Å². The Bertz CT molecular complexity index is 1060. The Morgan fingerprint density at radius 3 is 2.30 bits per heavy atom. The molecule has 1 aliphatic heterocycles. The second-order valence-corrected chi connectivity index (χ2v) is 8.31. The van der Waals surface area contributed by atoms with E-state index >= 15 is 0 Å². The number of rotatable bonds is 6. The van der Waals surface area contributed by atoms with E-state index < -0.39 is 30.4 Å². The summed E-state index contributed by atoms with van der Waals surface area (Å²) < 4.78 is 5.44. The summed E-state index contributed by atoms with van der Waals surface area (Å²) in [6.45, 7) is 1.82. The lowest BCUT2D eigenvalue weighted by Gasteiger charge is -2.33. The molecule has 3 amide bonds. The molecule has 2 unspecified atom stereocenters. The highest BCUT2D eigenvalue weighted by molar-refractivity contribution is 5.92. The van der Waals surface area contributed by atoms with Crippen LogP contribution in [0.5, 0.6) is 0 Å². The predicted octanol–water partition coefficient (Wildman–Crippen LogP) is 1.72. The fourth-order valence-electron chi connectivity index (χ4n) is 4.48. The Kier molecular flexibility index (Phi) is 6.30. The molecule has 9 nitrogen and oxygen atoms in total. The Hall–Kier alpha value is -3.88. The molecule has 1 fully saturated rings. The fourth-order valence-corrected chi connectivity index (χ4v) is 4.48. The topological polar surface area (TPSA) is 125 Å². The van der Waals surface area contributed by atoms with Crippen LogP contribution in [0.3, 0.4) is 0 Å². The van der Waals surface area contributed by atoms with Crippen molar-refractivity contribution >= 4 is 23.9 Å².